The van der Waals surface area contributed by atoms with Crippen LogP contribution in [0.15, 0.2) is 9.98 Å². The minimum Gasteiger partial charge on any atom is -0.323 e. The smallest absolute Gasteiger partial charge is 0.109 e. The molecule has 0 fully saturated rings. The average molecular weight is 283 g/mol. The molecule has 0 radical (unpaired) electrons. The van der Waals surface area contributed by atoms with Crippen LogP contribution in [0, 0.1) is 0 Å². The van der Waals surface area contributed by atoms with Crippen LogP contribution in [0.2, 0.25) is 0 Å². The molecule has 0 aromatic rings. The summed E-state index contributed by atoms with van der Waals surface area (Å²) in [5.74, 6) is 0. The summed E-state index contributed by atoms with van der Waals surface area (Å²) in [6.45, 7) is 4.92. The number of alkyl halides is 1. The highest BCUT2D eigenvalue weighted by Gasteiger charge is 1.81. The molecule has 72 valence electrons. The van der Waals surface area contributed by atoms with Gasteiger partial charge in [0.1, 0.15) is 4.05 Å². The molecular weight excluding hydrogens is 265 g/mol. The summed E-state index contributed by atoms with van der Waals surface area (Å²) in [6, 6.07) is 2.63. The molecule has 0 aromatic carbocycles. The van der Waals surface area contributed by atoms with E-state index in [-0.39, 0.29) is 0 Å². The lowest BCUT2D eigenvalue weighted by atomic mass is 10.5. The van der Waals surface area contributed by atoms with Gasteiger partial charge in [0.25, 0.3) is 0 Å². The Balaban J connectivity index is 0. The van der Waals surface area contributed by atoms with Gasteiger partial charge in [-0.15, -0.1) is 0 Å². The first kappa shape index (κ1) is 14.6. The molecule has 3 nitrogen and oxygen atoms in total. The number of hydrogen-bond acceptors (Lipinski definition) is 3. The molecule has 0 spiro atoms. The summed E-state index contributed by atoms with van der Waals surface area (Å²) in [5, 5.41) is 2.75. The minimum absolute atomic E-state index is 0.295. The van der Waals surface area contributed by atoms with E-state index in [0.717, 1.165) is 13.0 Å². The van der Waals surface area contributed by atoms with E-state index >= 15 is 0 Å². The molecule has 0 saturated heterocycles. The number of rotatable bonds is 3. The highest BCUT2D eigenvalue weighted by atomic mass is 127. The Morgan fingerprint density at radius 1 is 1.50 bits per heavy atom. The summed E-state index contributed by atoms with van der Waals surface area (Å²) in [5.41, 5.74) is 0. The molecule has 0 bridgehead atoms. The molecule has 0 amide bonds. The van der Waals surface area contributed by atoms with Crippen molar-refractivity contribution in [2.75, 3.05) is 20.6 Å². The minimum atomic E-state index is 0.295. The van der Waals surface area contributed by atoms with Gasteiger partial charge >= 0.3 is 0 Å². The molecule has 0 aliphatic heterocycles. The van der Waals surface area contributed by atoms with Crippen LogP contribution in [0.25, 0.3) is 0 Å². The van der Waals surface area contributed by atoms with E-state index in [0.29, 0.717) is 4.05 Å². The van der Waals surface area contributed by atoms with E-state index in [4.69, 9.17) is 0 Å². The van der Waals surface area contributed by atoms with Crippen molar-refractivity contribution >= 4 is 28.6 Å². The molecule has 1 N–H and O–H groups in total. The maximum atomic E-state index is 3.93. The van der Waals surface area contributed by atoms with Crippen LogP contribution in [0.4, 0.5) is 0 Å². The van der Waals surface area contributed by atoms with Gasteiger partial charge in [0, 0.05) is 6.54 Å². The Hall–Kier alpha value is 0.0700. The fraction of sp³-hybridized carbons (Fsp3) is 0.875. The zero-order chi connectivity index (χ0) is 9.82. The van der Waals surface area contributed by atoms with Crippen molar-refractivity contribution < 1.29 is 0 Å². The lowest BCUT2D eigenvalue weighted by Gasteiger charge is -1.84. The van der Waals surface area contributed by atoms with Crippen molar-refractivity contribution in [3.8, 4) is 0 Å². The first-order valence-electron chi connectivity index (χ1n) is 4.02. The van der Waals surface area contributed by atoms with Crippen molar-refractivity contribution in [2.45, 2.75) is 24.3 Å². The topological polar surface area (TPSA) is 36.8 Å². The van der Waals surface area contributed by atoms with E-state index in [2.05, 4.69) is 50.8 Å². The van der Waals surface area contributed by atoms with Gasteiger partial charge in [0.15, 0.2) is 0 Å². The van der Waals surface area contributed by atoms with Gasteiger partial charge in [0.2, 0.25) is 0 Å². The largest absolute Gasteiger partial charge is 0.323 e. The number of nitrogens with zero attached hydrogens (tertiary/aromatic N) is 2. The fourth-order valence-corrected chi connectivity index (χ4v) is 0.407. The molecule has 0 rings (SSSR count). The molecule has 0 aliphatic rings. The molecule has 0 heterocycles. The molecule has 1 unspecified atom stereocenters. The molecular formula is C8H18IN3. The first-order chi connectivity index (χ1) is 5.68. The van der Waals surface area contributed by atoms with Crippen LogP contribution in [0.5, 0.6) is 0 Å². The van der Waals surface area contributed by atoms with E-state index in [1.165, 1.54) is 0 Å². The van der Waals surface area contributed by atoms with Gasteiger partial charge < -0.3 is 5.32 Å². The van der Waals surface area contributed by atoms with Crippen molar-refractivity contribution in [3.63, 3.8) is 0 Å². The van der Waals surface area contributed by atoms with Crippen molar-refractivity contribution in [1.29, 1.82) is 0 Å². The third kappa shape index (κ3) is 22.5. The van der Waals surface area contributed by atoms with Crippen LogP contribution >= 0.6 is 22.6 Å². The van der Waals surface area contributed by atoms with Gasteiger partial charge in [-0.05, 0) is 27.4 Å². The maximum absolute atomic E-state index is 3.93. The van der Waals surface area contributed by atoms with Gasteiger partial charge in [0.05, 0.1) is 6.01 Å². The van der Waals surface area contributed by atoms with Crippen molar-refractivity contribution in [3.05, 3.63) is 0 Å². The number of nitrogens with one attached hydrogen (secondary N) is 1. The third-order valence-corrected chi connectivity index (χ3v) is 0.920. The lowest BCUT2D eigenvalue weighted by Crippen LogP contribution is -1.89. The Kier molecular flexibility index (Phi) is 16.6. The fourth-order valence-electron chi connectivity index (χ4n) is 0.282. The van der Waals surface area contributed by atoms with E-state index in [1.807, 2.05) is 21.0 Å². The third-order valence-electron chi connectivity index (χ3n) is 0.642. The number of aliphatic imine (C=N–C) groups is 2. The SMILES string of the molecule is CCCN=C=NC(C)I.CNC. The molecule has 1 atom stereocenters. The molecule has 0 saturated carbocycles. The van der Waals surface area contributed by atoms with Crippen LogP contribution in [0.3, 0.4) is 0 Å². The van der Waals surface area contributed by atoms with E-state index in [1.54, 1.807) is 0 Å². The maximum Gasteiger partial charge on any atom is 0.109 e. The highest BCUT2D eigenvalue weighted by molar-refractivity contribution is 14.1. The van der Waals surface area contributed by atoms with Crippen LogP contribution in [-0.2, 0) is 0 Å². The zero-order valence-corrected chi connectivity index (χ0v) is 10.4. The molecule has 0 aliphatic carbocycles. The monoisotopic (exact) mass is 283 g/mol. The summed E-state index contributed by atoms with van der Waals surface area (Å²) in [4.78, 5) is 7.84. The summed E-state index contributed by atoms with van der Waals surface area (Å²) in [7, 11) is 3.75. The normalized spacial score (nSPS) is 10.4. The summed E-state index contributed by atoms with van der Waals surface area (Å²) in [6.07, 6.45) is 1.07. The highest BCUT2D eigenvalue weighted by Crippen LogP contribution is 1.96. The second kappa shape index (κ2) is 13.6. The van der Waals surface area contributed by atoms with Crippen LogP contribution in [0.1, 0.15) is 20.3 Å². The molecule has 12 heavy (non-hydrogen) atoms. The van der Waals surface area contributed by atoms with E-state index < -0.39 is 0 Å². The summed E-state index contributed by atoms with van der Waals surface area (Å²) >= 11 is 2.21. The summed E-state index contributed by atoms with van der Waals surface area (Å²) < 4.78 is 0.295. The lowest BCUT2D eigenvalue weighted by molar-refractivity contribution is 0.934. The van der Waals surface area contributed by atoms with Crippen LogP contribution < -0.4 is 5.32 Å². The van der Waals surface area contributed by atoms with Crippen LogP contribution in [-0.4, -0.2) is 30.7 Å². The quantitative estimate of drug-likeness (QED) is 0.366. The standard InChI is InChI=1S/C6H11IN2.C2H7N/c1-3-4-8-5-9-6(2)7;1-3-2/h6H,3-4H2,1-2H3;3H,1-2H3. The van der Waals surface area contributed by atoms with E-state index in [9.17, 15) is 0 Å². The number of halogens is 1. The van der Waals surface area contributed by atoms with Crippen molar-refractivity contribution in [1.82, 2.24) is 5.32 Å². The van der Waals surface area contributed by atoms with Gasteiger partial charge in [-0.25, -0.2) is 9.98 Å². The average Bonchev–Trinajstić information content (AvgIpc) is 1.99. The van der Waals surface area contributed by atoms with Gasteiger partial charge in [-0.3, -0.25) is 0 Å². The second-order valence-corrected chi connectivity index (χ2v) is 3.99. The van der Waals surface area contributed by atoms with Gasteiger partial charge in [-0.2, -0.15) is 0 Å². The predicted molar refractivity (Wildman–Crippen MR) is 63.5 cm³/mol. The Morgan fingerprint density at radius 2 is 2.00 bits per heavy atom. The second-order valence-electron chi connectivity index (χ2n) is 2.18. The zero-order valence-electron chi connectivity index (χ0n) is 8.26. The number of hydrogen-bond donors (Lipinski definition) is 1. The Bertz CT molecular complexity index is 128. The van der Waals surface area contributed by atoms with Gasteiger partial charge in [-0.1, -0.05) is 29.5 Å². The first-order valence-corrected chi connectivity index (χ1v) is 5.27. The Labute approximate surface area is 88.9 Å². The molecule has 4 heteroatoms. The molecule has 0 aromatic heterocycles. The van der Waals surface area contributed by atoms with Crippen molar-refractivity contribution in [2.24, 2.45) is 9.98 Å². The Morgan fingerprint density at radius 3 is 2.33 bits per heavy atom. The predicted octanol–water partition coefficient (Wildman–Crippen LogP) is 2.19.